The summed E-state index contributed by atoms with van der Waals surface area (Å²) in [7, 11) is 0. The first-order valence-corrected chi connectivity index (χ1v) is 11.1. The van der Waals surface area contributed by atoms with E-state index in [4.69, 9.17) is 4.74 Å². The van der Waals surface area contributed by atoms with Crippen molar-refractivity contribution in [3.8, 4) is 16.9 Å². The van der Waals surface area contributed by atoms with E-state index in [-0.39, 0.29) is 6.61 Å². The summed E-state index contributed by atoms with van der Waals surface area (Å²) in [6, 6.07) is 18.1. The van der Waals surface area contributed by atoms with Crippen LogP contribution < -0.4 is 4.74 Å². The van der Waals surface area contributed by atoms with Crippen molar-refractivity contribution in [3.05, 3.63) is 54.6 Å². The molecule has 7 heteroatoms. The molecule has 0 spiro atoms. The zero-order valence-electron chi connectivity index (χ0n) is 14.4. The molecule has 3 aromatic rings. The van der Waals surface area contributed by atoms with Crippen LogP contribution in [-0.2, 0) is 0 Å². The lowest BCUT2D eigenvalue weighted by Crippen LogP contribution is -2.20. The minimum Gasteiger partial charge on any atom is -0.491 e. The van der Waals surface area contributed by atoms with Crippen molar-refractivity contribution in [1.82, 2.24) is 10.2 Å². The summed E-state index contributed by atoms with van der Waals surface area (Å²) in [4.78, 5) is 0. The smallest absolute Gasteiger partial charge is 0.175 e. The number of benzene rings is 2. The molecule has 0 radical (unpaired) electrons. The van der Waals surface area contributed by atoms with E-state index in [0.29, 0.717) is 5.75 Å². The molecular weight excluding hydrogens is 384 g/mol. The fraction of sp³-hybridized carbons (Fsp3) is 0.263. The Morgan fingerprint density at radius 2 is 1.62 bits per heavy atom. The quantitative estimate of drug-likeness (QED) is 0.515. The first-order valence-electron chi connectivity index (χ1n) is 8.30. The largest absolute Gasteiger partial charge is 0.491 e. The summed E-state index contributed by atoms with van der Waals surface area (Å²) < 4.78 is 7.54. The Kier molecular flexibility index (Phi) is 7.37. The van der Waals surface area contributed by atoms with Gasteiger partial charge in [-0.3, -0.25) is 0 Å². The van der Waals surface area contributed by atoms with Crippen LogP contribution in [0.15, 0.2) is 63.3 Å². The number of thioether (sulfide) groups is 2. The van der Waals surface area contributed by atoms with Crippen molar-refractivity contribution >= 4 is 34.9 Å². The fourth-order valence-electron chi connectivity index (χ4n) is 2.22. The second kappa shape index (κ2) is 9.97. The number of ether oxygens (including phenoxy) is 1. The van der Waals surface area contributed by atoms with Gasteiger partial charge in [-0.1, -0.05) is 84.2 Å². The van der Waals surface area contributed by atoms with Crippen molar-refractivity contribution in [1.29, 1.82) is 0 Å². The summed E-state index contributed by atoms with van der Waals surface area (Å²) in [6.07, 6.45) is -0.556. The first kappa shape index (κ1) is 19.2. The fourth-order valence-corrected chi connectivity index (χ4v) is 5.07. The molecule has 0 amide bonds. The van der Waals surface area contributed by atoms with Crippen molar-refractivity contribution < 1.29 is 9.84 Å². The maximum atomic E-state index is 10.1. The second-order valence-corrected chi connectivity index (χ2v) is 9.19. The molecule has 2 aromatic carbocycles. The molecule has 0 bridgehead atoms. The van der Waals surface area contributed by atoms with Crippen molar-refractivity contribution in [3.63, 3.8) is 0 Å². The summed E-state index contributed by atoms with van der Waals surface area (Å²) in [6.45, 7) is 2.35. The number of aliphatic hydroxyl groups is 1. The Morgan fingerprint density at radius 1 is 0.962 bits per heavy atom. The van der Waals surface area contributed by atoms with Crippen LogP contribution in [0.1, 0.15) is 6.92 Å². The topological polar surface area (TPSA) is 55.2 Å². The average Bonchev–Trinajstić information content (AvgIpc) is 3.14. The van der Waals surface area contributed by atoms with Crippen LogP contribution in [0.3, 0.4) is 0 Å². The molecule has 136 valence electrons. The van der Waals surface area contributed by atoms with E-state index in [1.54, 1.807) is 23.1 Å². The van der Waals surface area contributed by atoms with Gasteiger partial charge < -0.3 is 9.84 Å². The third-order valence-electron chi connectivity index (χ3n) is 3.46. The minimum atomic E-state index is -0.556. The van der Waals surface area contributed by atoms with E-state index in [1.165, 1.54) is 17.3 Å². The number of aromatic nitrogens is 2. The minimum absolute atomic E-state index is 0.257. The molecule has 4 nitrogen and oxygen atoms in total. The highest BCUT2D eigenvalue weighted by atomic mass is 32.2. The molecular formula is C19H20N2O2S3. The van der Waals surface area contributed by atoms with Gasteiger partial charge >= 0.3 is 0 Å². The van der Waals surface area contributed by atoms with Crippen molar-refractivity contribution in [2.45, 2.75) is 21.7 Å². The highest BCUT2D eigenvalue weighted by Gasteiger charge is 2.10. The normalized spacial score (nSPS) is 12.1. The summed E-state index contributed by atoms with van der Waals surface area (Å²) in [5, 5.41) is 18.4. The predicted molar refractivity (Wildman–Crippen MR) is 110 cm³/mol. The van der Waals surface area contributed by atoms with E-state index < -0.39 is 6.10 Å². The third-order valence-corrected chi connectivity index (χ3v) is 6.68. The molecule has 0 fully saturated rings. The van der Waals surface area contributed by atoms with Gasteiger partial charge in [0.1, 0.15) is 12.4 Å². The molecule has 3 rings (SSSR count). The van der Waals surface area contributed by atoms with Crippen molar-refractivity contribution in [2.75, 3.05) is 18.1 Å². The van der Waals surface area contributed by atoms with Gasteiger partial charge in [0.05, 0.1) is 6.10 Å². The molecule has 26 heavy (non-hydrogen) atoms. The lowest BCUT2D eigenvalue weighted by atomic mass is 10.1. The van der Waals surface area contributed by atoms with Gasteiger partial charge in [0, 0.05) is 5.75 Å². The van der Waals surface area contributed by atoms with E-state index in [2.05, 4.69) is 29.3 Å². The molecule has 1 heterocycles. The molecule has 1 N–H and O–H groups in total. The van der Waals surface area contributed by atoms with E-state index >= 15 is 0 Å². The van der Waals surface area contributed by atoms with Gasteiger partial charge in [0.15, 0.2) is 8.68 Å². The van der Waals surface area contributed by atoms with Crippen LogP contribution in [0.4, 0.5) is 0 Å². The number of rotatable bonds is 9. The van der Waals surface area contributed by atoms with Gasteiger partial charge in [-0.15, -0.1) is 10.2 Å². The third kappa shape index (κ3) is 5.74. The van der Waals surface area contributed by atoms with Gasteiger partial charge in [-0.25, -0.2) is 0 Å². The Morgan fingerprint density at radius 3 is 2.31 bits per heavy atom. The number of nitrogens with zero attached hydrogens (tertiary/aromatic N) is 2. The van der Waals surface area contributed by atoms with E-state index in [0.717, 1.165) is 25.7 Å². The molecule has 1 aromatic heterocycles. The van der Waals surface area contributed by atoms with Gasteiger partial charge in [0.25, 0.3) is 0 Å². The summed E-state index contributed by atoms with van der Waals surface area (Å²) in [5.74, 6) is 2.28. The SMILES string of the molecule is CCSc1nnc(SC[C@H](O)COc2ccc(-c3ccccc3)cc2)s1. The first-order chi connectivity index (χ1) is 12.7. The van der Waals surface area contributed by atoms with Crippen LogP contribution in [0.2, 0.25) is 0 Å². The van der Waals surface area contributed by atoms with Gasteiger partial charge in [0.2, 0.25) is 0 Å². The zero-order valence-corrected chi connectivity index (χ0v) is 16.8. The Labute approximate surface area is 166 Å². The van der Waals surface area contributed by atoms with Crippen molar-refractivity contribution in [2.24, 2.45) is 0 Å². The number of hydrogen-bond acceptors (Lipinski definition) is 7. The summed E-state index contributed by atoms with van der Waals surface area (Å²) >= 11 is 4.76. The molecule has 0 unspecified atom stereocenters. The Bertz CT molecular complexity index is 794. The average molecular weight is 405 g/mol. The lowest BCUT2D eigenvalue weighted by molar-refractivity contribution is 0.126. The maximum absolute atomic E-state index is 10.1. The highest BCUT2D eigenvalue weighted by Crippen LogP contribution is 2.29. The standard InChI is InChI=1S/C19H20N2O2S3/c1-2-24-18-20-21-19(26-18)25-13-16(22)12-23-17-10-8-15(9-11-17)14-6-4-3-5-7-14/h3-11,16,22H,2,12-13H2,1H3/t16-/m1/s1. The van der Waals surface area contributed by atoms with Gasteiger partial charge in [-0.05, 0) is 29.0 Å². The number of aliphatic hydroxyl groups excluding tert-OH is 1. The van der Waals surface area contributed by atoms with E-state index in [1.807, 2.05) is 42.5 Å². The Hall–Kier alpha value is -1.54. The molecule has 0 aliphatic carbocycles. The molecule has 0 aliphatic rings. The van der Waals surface area contributed by atoms with E-state index in [9.17, 15) is 5.11 Å². The Balaban J connectivity index is 1.44. The van der Waals surface area contributed by atoms with Crippen LogP contribution in [0, 0.1) is 0 Å². The maximum Gasteiger partial charge on any atom is 0.175 e. The van der Waals surface area contributed by atoms with Crippen LogP contribution in [0.5, 0.6) is 5.75 Å². The lowest BCUT2D eigenvalue weighted by Gasteiger charge is -2.11. The molecule has 0 saturated carbocycles. The van der Waals surface area contributed by atoms with Crippen LogP contribution in [-0.4, -0.2) is 39.5 Å². The predicted octanol–water partition coefficient (Wildman–Crippen LogP) is 4.85. The second-order valence-electron chi connectivity index (χ2n) is 5.43. The zero-order chi connectivity index (χ0) is 18.2. The highest BCUT2D eigenvalue weighted by molar-refractivity contribution is 8.03. The molecule has 0 saturated heterocycles. The number of hydrogen-bond donors (Lipinski definition) is 1. The molecule has 0 aliphatic heterocycles. The summed E-state index contributed by atoms with van der Waals surface area (Å²) in [5.41, 5.74) is 2.32. The monoisotopic (exact) mass is 404 g/mol. The van der Waals surface area contributed by atoms with Crippen LogP contribution in [0.25, 0.3) is 11.1 Å². The molecule has 1 atom stereocenters. The van der Waals surface area contributed by atoms with Gasteiger partial charge in [-0.2, -0.15) is 0 Å². The van der Waals surface area contributed by atoms with Crippen LogP contribution >= 0.6 is 34.9 Å².